The van der Waals surface area contributed by atoms with E-state index >= 15 is 0 Å². The van der Waals surface area contributed by atoms with Gasteiger partial charge in [-0.15, -0.1) is 0 Å². The third kappa shape index (κ3) is 2.66. The highest BCUT2D eigenvalue weighted by Crippen LogP contribution is 2.34. The van der Waals surface area contributed by atoms with Crippen LogP contribution in [0.4, 0.5) is 5.82 Å². The zero-order chi connectivity index (χ0) is 13.9. The fraction of sp³-hybridized carbons (Fsp3) is 0.231. The molecule has 7 heteroatoms. The molecular formula is C13H12N2O5. The summed E-state index contributed by atoms with van der Waals surface area (Å²) in [5.41, 5.74) is 0. The standard InChI is InChI=1S/C13H12N2O5/c1-8-4-12(15-20-8)14-13(16)6-17-9-2-3-10-11(5-9)19-7-18-10/h2-5H,6-7H2,1H3,(H,14,15,16). The van der Waals surface area contributed by atoms with E-state index in [1.54, 1.807) is 31.2 Å². The van der Waals surface area contributed by atoms with Crippen LogP contribution in [-0.4, -0.2) is 24.5 Å². The van der Waals surface area contributed by atoms with Gasteiger partial charge in [0.05, 0.1) is 0 Å². The predicted octanol–water partition coefficient (Wildman–Crippen LogP) is 1.73. The van der Waals surface area contributed by atoms with Crippen LogP contribution in [-0.2, 0) is 4.79 Å². The van der Waals surface area contributed by atoms with Crippen LogP contribution in [0.5, 0.6) is 17.2 Å². The van der Waals surface area contributed by atoms with Gasteiger partial charge < -0.3 is 24.1 Å². The zero-order valence-corrected chi connectivity index (χ0v) is 10.7. The highest BCUT2D eigenvalue weighted by molar-refractivity contribution is 5.90. The third-order valence-corrected chi connectivity index (χ3v) is 2.61. The lowest BCUT2D eigenvalue weighted by Gasteiger charge is -2.06. The molecular weight excluding hydrogens is 264 g/mol. The molecule has 2 heterocycles. The van der Waals surface area contributed by atoms with Crippen molar-refractivity contribution in [3.63, 3.8) is 0 Å². The zero-order valence-electron chi connectivity index (χ0n) is 10.7. The molecule has 1 N–H and O–H groups in total. The van der Waals surface area contributed by atoms with E-state index in [1.165, 1.54) is 0 Å². The van der Waals surface area contributed by atoms with Gasteiger partial charge in [-0.3, -0.25) is 4.79 Å². The summed E-state index contributed by atoms with van der Waals surface area (Å²) >= 11 is 0. The minimum absolute atomic E-state index is 0.133. The van der Waals surface area contributed by atoms with Gasteiger partial charge in [0.15, 0.2) is 23.9 Å². The Hall–Kier alpha value is -2.70. The van der Waals surface area contributed by atoms with Crippen LogP contribution in [0.3, 0.4) is 0 Å². The molecule has 20 heavy (non-hydrogen) atoms. The van der Waals surface area contributed by atoms with E-state index in [0.29, 0.717) is 28.8 Å². The number of amides is 1. The number of rotatable bonds is 4. The molecule has 0 spiro atoms. The van der Waals surface area contributed by atoms with Crippen LogP contribution >= 0.6 is 0 Å². The molecule has 1 aromatic heterocycles. The second kappa shape index (κ2) is 5.12. The number of nitrogens with zero attached hydrogens (tertiary/aromatic N) is 1. The number of hydrogen-bond donors (Lipinski definition) is 1. The number of carbonyl (C=O) groups excluding carboxylic acids is 1. The van der Waals surface area contributed by atoms with E-state index in [-0.39, 0.29) is 19.3 Å². The largest absolute Gasteiger partial charge is 0.484 e. The summed E-state index contributed by atoms with van der Waals surface area (Å²) in [5.74, 6) is 2.46. The van der Waals surface area contributed by atoms with Gasteiger partial charge in [0.1, 0.15) is 11.5 Å². The van der Waals surface area contributed by atoms with Gasteiger partial charge in [-0.1, -0.05) is 5.16 Å². The van der Waals surface area contributed by atoms with Gasteiger partial charge in [-0.2, -0.15) is 0 Å². The van der Waals surface area contributed by atoms with Crippen molar-refractivity contribution in [1.29, 1.82) is 0 Å². The van der Waals surface area contributed by atoms with Gasteiger partial charge in [0.2, 0.25) is 6.79 Å². The Balaban J connectivity index is 1.55. The van der Waals surface area contributed by atoms with E-state index in [1.807, 2.05) is 0 Å². The lowest BCUT2D eigenvalue weighted by molar-refractivity contribution is -0.118. The fourth-order valence-electron chi connectivity index (χ4n) is 1.72. The van der Waals surface area contributed by atoms with E-state index in [0.717, 1.165) is 0 Å². The number of benzene rings is 1. The maximum atomic E-state index is 11.7. The second-order valence-electron chi connectivity index (χ2n) is 4.17. The third-order valence-electron chi connectivity index (χ3n) is 2.61. The second-order valence-corrected chi connectivity index (χ2v) is 4.17. The van der Waals surface area contributed by atoms with Crippen molar-refractivity contribution in [2.75, 3.05) is 18.7 Å². The van der Waals surface area contributed by atoms with Crippen molar-refractivity contribution in [2.24, 2.45) is 0 Å². The van der Waals surface area contributed by atoms with Gasteiger partial charge in [-0.25, -0.2) is 0 Å². The number of aryl methyl sites for hydroxylation is 1. The highest BCUT2D eigenvalue weighted by atomic mass is 16.7. The lowest BCUT2D eigenvalue weighted by Crippen LogP contribution is -2.20. The number of ether oxygens (including phenoxy) is 3. The average Bonchev–Trinajstić information content (AvgIpc) is 3.04. The summed E-state index contributed by atoms with van der Waals surface area (Å²) in [6.45, 7) is 1.81. The first-order valence-electron chi connectivity index (χ1n) is 5.96. The predicted molar refractivity (Wildman–Crippen MR) is 67.9 cm³/mol. The molecule has 0 atom stereocenters. The molecule has 1 aliphatic heterocycles. The van der Waals surface area contributed by atoms with E-state index < -0.39 is 0 Å². The minimum Gasteiger partial charge on any atom is -0.484 e. The van der Waals surface area contributed by atoms with Crippen LogP contribution in [0.2, 0.25) is 0 Å². The Kier molecular flexibility index (Phi) is 3.16. The molecule has 7 nitrogen and oxygen atoms in total. The van der Waals surface area contributed by atoms with Crippen molar-refractivity contribution in [2.45, 2.75) is 6.92 Å². The Labute approximate surface area is 114 Å². The van der Waals surface area contributed by atoms with E-state index in [4.69, 9.17) is 18.7 Å². The molecule has 0 saturated heterocycles. The maximum absolute atomic E-state index is 11.7. The van der Waals surface area contributed by atoms with Crippen LogP contribution < -0.4 is 19.5 Å². The van der Waals surface area contributed by atoms with Gasteiger partial charge >= 0.3 is 0 Å². The molecule has 0 fully saturated rings. The highest BCUT2D eigenvalue weighted by Gasteiger charge is 2.14. The summed E-state index contributed by atoms with van der Waals surface area (Å²) in [6, 6.07) is 6.74. The first-order valence-corrected chi connectivity index (χ1v) is 5.96. The molecule has 1 aliphatic rings. The molecule has 0 bridgehead atoms. The molecule has 0 radical (unpaired) electrons. The van der Waals surface area contributed by atoms with Gasteiger partial charge in [-0.05, 0) is 19.1 Å². The van der Waals surface area contributed by atoms with Crippen LogP contribution in [0.15, 0.2) is 28.8 Å². The minimum atomic E-state index is -0.323. The van der Waals surface area contributed by atoms with Gasteiger partial charge in [0, 0.05) is 12.1 Å². The molecule has 1 aromatic carbocycles. The Morgan fingerprint density at radius 1 is 1.35 bits per heavy atom. The molecule has 104 valence electrons. The average molecular weight is 276 g/mol. The van der Waals surface area contributed by atoms with Crippen molar-refractivity contribution >= 4 is 11.7 Å². The number of carbonyl (C=O) groups is 1. The smallest absolute Gasteiger partial charge is 0.263 e. The molecule has 0 aliphatic carbocycles. The van der Waals surface area contributed by atoms with E-state index in [9.17, 15) is 4.79 Å². The number of nitrogens with one attached hydrogen (secondary N) is 1. The first kappa shape index (κ1) is 12.3. The normalized spacial score (nSPS) is 12.2. The fourth-order valence-corrected chi connectivity index (χ4v) is 1.72. The lowest BCUT2D eigenvalue weighted by atomic mass is 10.3. The van der Waals surface area contributed by atoms with Crippen LogP contribution in [0.25, 0.3) is 0 Å². The Morgan fingerprint density at radius 2 is 2.20 bits per heavy atom. The summed E-state index contributed by atoms with van der Waals surface area (Å²) in [7, 11) is 0. The topological polar surface area (TPSA) is 82.8 Å². The molecule has 3 rings (SSSR count). The van der Waals surface area contributed by atoms with Crippen molar-refractivity contribution < 1.29 is 23.5 Å². The molecule has 0 unspecified atom stereocenters. The Morgan fingerprint density at radius 3 is 3.00 bits per heavy atom. The van der Waals surface area contributed by atoms with Gasteiger partial charge in [0.25, 0.3) is 5.91 Å². The first-order chi connectivity index (χ1) is 9.70. The summed E-state index contributed by atoms with van der Waals surface area (Å²) in [5, 5.41) is 6.22. The molecule has 1 amide bonds. The van der Waals surface area contributed by atoms with Crippen molar-refractivity contribution in [1.82, 2.24) is 5.16 Å². The van der Waals surface area contributed by atoms with Crippen molar-refractivity contribution in [3.05, 3.63) is 30.0 Å². The Bertz CT molecular complexity index is 637. The van der Waals surface area contributed by atoms with E-state index in [2.05, 4.69) is 10.5 Å². The quantitative estimate of drug-likeness (QED) is 0.915. The number of hydrogen-bond acceptors (Lipinski definition) is 6. The monoisotopic (exact) mass is 276 g/mol. The SMILES string of the molecule is Cc1cc(NC(=O)COc2ccc3c(c2)OCO3)no1. The number of aromatic nitrogens is 1. The van der Waals surface area contributed by atoms with Crippen LogP contribution in [0.1, 0.15) is 5.76 Å². The molecule has 0 saturated carbocycles. The summed E-state index contributed by atoms with van der Waals surface area (Å²) in [6.07, 6.45) is 0. The number of fused-ring (bicyclic) bond motifs is 1. The summed E-state index contributed by atoms with van der Waals surface area (Å²) in [4.78, 5) is 11.7. The summed E-state index contributed by atoms with van der Waals surface area (Å²) < 4.78 is 20.6. The van der Waals surface area contributed by atoms with Crippen molar-refractivity contribution in [3.8, 4) is 17.2 Å². The number of anilines is 1. The molecule has 2 aromatic rings. The maximum Gasteiger partial charge on any atom is 0.263 e. The van der Waals surface area contributed by atoms with Crippen LogP contribution in [0, 0.1) is 6.92 Å².